The molecule has 0 fully saturated rings. The number of pyridine rings is 1. The first-order valence-electron chi connectivity index (χ1n) is 5.48. The number of carbonyl (C=O) groups is 1. The summed E-state index contributed by atoms with van der Waals surface area (Å²) in [5.41, 5.74) is -1.04. The summed E-state index contributed by atoms with van der Waals surface area (Å²) in [6.07, 6.45) is -3.64. The topological polar surface area (TPSA) is 30.0 Å². The van der Waals surface area contributed by atoms with E-state index in [9.17, 15) is 18.0 Å². The number of aromatic nitrogens is 1. The molecule has 0 radical (unpaired) electrons. The van der Waals surface area contributed by atoms with E-state index in [0.29, 0.717) is 12.3 Å². The molecule has 0 amide bonds. The first-order valence-corrected chi connectivity index (χ1v) is 5.86. The van der Waals surface area contributed by atoms with E-state index in [1.165, 1.54) is 0 Å². The summed E-state index contributed by atoms with van der Waals surface area (Å²) in [7, 11) is 0. The van der Waals surface area contributed by atoms with Crippen LogP contribution in [0.1, 0.15) is 42.7 Å². The second-order valence-corrected chi connectivity index (χ2v) is 4.75. The van der Waals surface area contributed by atoms with Crippen LogP contribution in [0.25, 0.3) is 0 Å². The normalized spacial score (nSPS) is 11.9. The van der Waals surface area contributed by atoms with E-state index < -0.39 is 17.0 Å². The summed E-state index contributed by atoms with van der Waals surface area (Å²) in [4.78, 5) is 14.9. The Hall–Kier alpha value is -1.10. The van der Waals surface area contributed by atoms with Crippen LogP contribution in [0, 0.1) is 5.92 Å². The van der Waals surface area contributed by atoms with Gasteiger partial charge in [0.25, 0.3) is 0 Å². The number of alkyl halides is 3. The number of hydrogen-bond acceptors (Lipinski definition) is 2. The maximum Gasteiger partial charge on any atom is 0.433 e. The van der Waals surface area contributed by atoms with Gasteiger partial charge in [0.2, 0.25) is 0 Å². The third-order valence-electron chi connectivity index (χ3n) is 2.39. The molecule has 0 aliphatic carbocycles. The van der Waals surface area contributed by atoms with Crippen molar-refractivity contribution in [3.05, 3.63) is 28.5 Å². The molecule has 0 bridgehead atoms. The van der Waals surface area contributed by atoms with Crippen molar-refractivity contribution in [2.24, 2.45) is 5.92 Å². The molecule has 2 nitrogen and oxygen atoms in total. The number of nitrogens with zero attached hydrogens (tertiary/aromatic N) is 1. The summed E-state index contributed by atoms with van der Waals surface area (Å²) < 4.78 is 37.0. The molecule has 0 atom stereocenters. The van der Waals surface area contributed by atoms with E-state index in [-0.39, 0.29) is 17.8 Å². The Balaban J connectivity index is 2.89. The Kier molecular flexibility index (Phi) is 4.73. The van der Waals surface area contributed by atoms with Crippen molar-refractivity contribution in [2.75, 3.05) is 0 Å². The van der Waals surface area contributed by atoms with Crippen molar-refractivity contribution < 1.29 is 18.0 Å². The van der Waals surface area contributed by atoms with Crippen LogP contribution in [-0.2, 0) is 6.18 Å². The summed E-state index contributed by atoms with van der Waals surface area (Å²) in [6, 6.07) is 1.86. The molecular formula is C12H13ClF3NO. The quantitative estimate of drug-likeness (QED) is 0.605. The first-order chi connectivity index (χ1) is 8.21. The van der Waals surface area contributed by atoms with Gasteiger partial charge in [-0.1, -0.05) is 25.4 Å². The number of ketones is 1. The summed E-state index contributed by atoms with van der Waals surface area (Å²) in [5.74, 6) is 0.0602. The Morgan fingerprint density at radius 3 is 2.44 bits per heavy atom. The molecule has 18 heavy (non-hydrogen) atoms. The van der Waals surface area contributed by atoms with E-state index in [4.69, 9.17) is 11.6 Å². The minimum Gasteiger partial charge on any atom is -0.294 e. The van der Waals surface area contributed by atoms with Crippen molar-refractivity contribution in [1.82, 2.24) is 4.98 Å². The van der Waals surface area contributed by atoms with E-state index in [2.05, 4.69) is 4.98 Å². The molecule has 0 saturated carbocycles. The summed E-state index contributed by atoms with van der Waals surface area (Å²) >= 11 is 5.61. The van der Waals surface area contributed by atoms with Crippen molar-refractivity contribution in [3.63, 3.8) is 0 Å². The Bertz CT molecular complexity index is 443. The molecule has 6 heteroatoms. The highest BCUT2D eigenvalue weighted by Gasteiger charge is 2.33. The van der Waals surface area contributed by atoms with E-state index in [1.807, 2.05) is 13.8 Å². The second kappa shape index (κ2) is 5.69. The van der Waals surface area contributed by atoms with E-state index in [1.54, 1.807) is 0 Å². The van der Waals surface area contributed by atoms with Crippen LogP contribution in [-0.4, -0.2) is 10.8 Å². The van der Waals surface area contributed by atoms with Crippen molar-refractivity contribution in [3.8, 4) is 0 Å². The molecule has 0 spiro atoms. The van der Waals surface area contributed by atoms with E-state index in [0.717, 1.165) is 12.1 Å². The minimum atomic E-state index is -4.55. The van der Waals surface area contributed by atoms with E-state index >= 15 is 0 Å². The van der Waals surface area contributed by atoms with Gasteiger partial charge in [-0.05, 0) is 24.5 Å². The van der Waals surface area contributed by atoms with Crippen LogP contribution >= 0.6 is 11.6 Å². The average molecular weight is 280 g/mol. The zero-order valence-corrected chi connectivity index (χ0v) is 10.8. The van der Waals surface area contributed by atoms with Crippen molar-refractivity contribution in [2.45, 2.75) is 32.9 Å². The molecule has 0 aliphatic rings. The fourth-order valence-electron chi connectivity index (χ4n) is 1.35. The molecule has 0 aromatic carbocycles. The SMILES string of the molecule is CC(C)CCC(=O)c1ccc(C(F)(F)F)nc1Cl. The van der Waals surface area contributed by atoms with Gasteiger partial charge in [0.15, 0.2) is 5.78 Å². The monoisotopic (exact) mass is 279 g/mol. The van der Waals surface area contributed by atoms with Crippen molar-refractivity contribution in [1.29, 1.82) is 0 Å². The van der Waals surface area contributed by atoms with Gasteiger partial charge in [0.1, 0.15) is 10.8 Å². The highest BCUT2D eigenvalue weighted by Crippen LogP contribution is 2.29. The molecule has 100 valence electrons. The van der Waals surface area contributed by atoms with Crippen LogP contribution in [0.5, 0.6) is 0 Å². The van der Waals surface area contributed by atoms with Gasteiger partial charge < -0.3 is 0 Å². The number of Topliss-reactive ketones (excluding diaryl/α,β-unsaturated/α-hetero) is 1. The molecule has 1 aromatic heterocycles. The fraction of sp³-hybridized carbons (Fsp3) is 0.500. The smallest absolute Gasteiger partial charge is 0.294 e. The van der Waals surface area contributed by atoms with Crippen LogP contribution in [0.3, 0.4) is 0 Å². The van der Waals surface area contributed by atoms with Crippen LogP contribution in [0.2, 0.25) is 5.15 Å². The second-order valence-electron chi connectivity index (χ2n) is 4.39. The predicted molar refractivity (Wildman–Crippen MR) is 62.7 cm³/mol. The Morgan fingerprint density at radius 1 is 1.39 bits per heavy atom. The van der Waals surface area contributed by atoms with Crippen LogP contribution < -0.4 is 0 Å². The van der Waals surface area contributed by atoms with Gasteiger partial charge in [-0.15, -0.1) is 0 Å². The van der Waals surface area contributed by atoms with Gasteiger partial charge in [0, 0.05) is 6.42 Å². The lowest BCUT2D eigenvalue weighted by Crippen LogP contribution is -2.10. The van der Waals surface area contributed by atoms with Gasteiger partial charge >= 0.3 is 6.18 Å². The minimum absolute atomic E-state index is 0.0466. The molecule has 1 aromatic rings. The lowest BCUT2D eigenvalue weighted by molar-refractivity contribution is -0.141. The largest absolute Gasteiger partial charge is 0.433 e. The lowest BCUT2D eigenvalue weighted by atomic mass is 10.0. The highest BCUT2D eigenvalue weighted by molar-refractivity contribution is 6.32. The van der Waals surface area contributed by atoms with Crippen LogP contribution in [0.4, 0.5) is 13.2 Å². The Morgan fingerprint density at radius 2 is 2.00 bits per heavy atom. The maximum absolute atomic E-state index is 12.3. The third kappa shape index (κ3) is 3.98. The number of halogens is 4. The fourth-order valence-corrected chi connectivity index (χ4v) is 1.61. The number of carbonyl (C=O) groups excluding carboxylic acids is 1. The molecule has 1 heterocycles. The van der Waals surface area contributed by atoms with Crippen LogP contribution in [0.15, 0.2) is 12.1 Å². The molecule has 1 rings (SSSR count). The summed E-state index contributed by atoms with van der Waals surface area (Å²) in [6.45, 7) is 3.92. The van der Waals surface area contributed by atoms with Gasteiger partial charge in [-0.2, -0.15) is 13.2 Å². The molecule has 0 unspecified atom stereocenters. The third-order valence-corrected chi connectivity index (χ3v) is 2.68. The molecule has 0 saturated heterocycles. The molecular weight excluding hydrogens is 267 g/mol. The molecule has 0 N–H and O–H groups in total. The predicted octanol–water partition coefficient (Wildman–Crippen LogP) is 4.37. The van der Waals surface area contributed by atoms with Gasteiger partial charge in [-0.3, -0.25) is 4.79 Å². The van der Waals surface area contributed by atoms with Gasteiger partial charge in [0.05, 0.1) is 5.56 Å². The Labute approximate surface area is 108 Å². The summed E-state index contributed by atoms with van der Waals surface area (Å²) in [5, 5.41) is -0.390. The van der Waals surface area contributed by atoms with Crippen molar-refractivity contribution >= 4 is 17.4 Å². The lowest BCUT2D eigenvalue weighted by Gasteiger charge is -2.09. The number of rotatable bonds is 4. The highest BCUT2D eigenvalue weighted by atomic mass is 35.5. The number of hydrogen-bond donors (Lipinski definition) is 0. The maximum atomic E-state index is 12.3. The standard InChI is InChI=1S/C12H13ClF3NO/c1-7(2)3-5-9(18)8-4-6-10(12(14,15)16)17-11(8)13/h4,6-7H,3,5H2,1-2H3. The molecule has 0 aliphatic heterocycles. The average Bonchev–Trinajstić information content (AvgIpc) is 2.24. The van der Waals surface area contributed by atoms with Gasteiger partial charge in [-0.25, -0.2) is 4.98 Å². The zero-order valence-electron chi connectivity index (χ0n) is 10.0. The zero-order chi connectivity index (χ0) is 13.9. The first kappa shape index (κ1) is 15.0.